The van der Waals surface area contributed by atoms with Gasteiger partial charge in [0.2, 0.25) is 5.91 Å². The van der Waals surface area contributed by atoms with Crippen LogP contribution in [0.1, 0.15) is 5.56 Å². The Morgan fingerprint density at radius 2 is 1.92 bits per heavy atom. The fourth-order valence-electron chi connectivity index (χ4n) is 3.17. The molecule has 1 saturated heterocycles. The molecule has 1 N–H and O–H groups in total. The maximum atomic E-state index is 13.7. The van der Waals surface area contributed by atoms with Crippen LogP contribution in [0.25, 0.3) is 11.0 Å². The standard InChI is InChI=1S/C18H18FN5O/c19-14-4-2-1-3-13(14)11-16(25)23-7-9-24(10-8-23)18-17-15(5-6-20-18)21-12-22-17/h1-6,12H,7-11H2,(H,21,22). The number of anilines is 1. The van der Waals surface area contributed by atoms with Gasteiger partial charge in [0, 0.05) is 32.4 Å². The Kier molecular flexibility index (Phi) is 4.05. The van der Waals surface area contributed by atoms with E-state index >= 15 is 0 Å². The van der Waals surface area contributed by atoms with Crippen LogP contribution < -0.4 is 4.90 Å². The molecule has 0 spiro atoms. The number of carbonyl (C=O) groups is 1. The van der Waals surface area contributed by atoms with Crippen LogP contribution in [0.15, 0.2) is 42.9 Å². The van der Waals surface area contributed by atoms with Gasteiger partial charge in [-0.15, -0.1) is 0 Å². The van der Waals surface area contributed by atoms with Gasteiger partial charge < -0.3 is 14.8 Å². The molecule has 128 valence electrons. The van der Waals surface area contributed by atoms with E-state index in [1.165, 1.54) is 6.07 Å². The Hall–Kier alpha value is -2.96. The number of hydrogen-bond donors (Lipinski definition) is 1. The summed E-state index contributed by atoms with van der Waals surface area (Å²) in [5.74, 6) is 0.458. The van der Waals surface area contributed by atoms with Crippen molar-refractivity contribution in [3.63, 3.8) is 0 Å². The summed E-state index contributed by atoms with van der Waals surface area (Å²) in [6.45, 7) is 2.55. The molecule has 0 unspecified atom stereocenters. The number of benzene rings is 1. The number of piperazine rings is 1. The van der Waals surface area contributed by atoms with Crippen LogP contribution in [-0.4, -0.2) is 51.9 Å². The number of fused-ring (bicyclic) bond motifs is 1. The molecule has 1 amide bonds. The van der Waals surface area contributed by atoms with Gasteiger partial charge in [0.05, 0.1) is 18.3 Å². The highest BCUT2D eigenvalue weighted by Crippen LogP contribution is 2.22. The molecule has 25 heavy (non-hydrogen) atoms. The SMILES string of the molecule is O=C(Cc1ccccc1F)N1CCN(c2nccc3[nH]cnc23)CC1. The number of amides is 1. The van der Waals surface area contributed by atoms with Crippen LogP contribution in [-0.2, 0) is 11.2 Å². The first-order valence-corrected chi connectivity index (χ1v) is 8.26. The highest BCUT2D eigenvalue weighted by Gasteiger charge is 2.24. The average molecular weight is 339 g/mol. The number of imidazole rings is 1. The Labute approximate surface area is 144 Å². The molecule has 0 saturated carbocycles. The summed E-state index contributed by atoms with van der Waals surface area (Å²) in [4.78, 5) is 28.2. The molecule has 3 heterocycles. The normalized spacial score (nSPS) is 14.9. The first kappa shape index (κ1) is 15.6. The molecule has 2 aromatic heterocycles. The third kappa shape index (κ3) is 3.05. The van der Waals surface area contributed by atoms with Crippen molar-refractivity contribution in [2.45, 2.75) is 6.42 Å². The van der Waals surface area contributed by atoms with E-state index in [2.05, 4.69) is 19.9 Å². The van der Waals surface area contributed by atoms with Gasteiger partial charge in [-0.05, 0) is 17.7 Å². The fraction of sp³-hybridized carbons (Fsp3) is 0.278. The number of H-pyrrole nitrogens is 1. The lowest BCUT2D eigenvalue weighted by Gasteiger charge is -2.35. The zero-order valence-corrected chi connectivity index (χ0v) is 13.7. The molecule has 1 aliphatic heterocycles. The molecule has 0 bridgehead atoms. The van der Waals surface area contributed by atoms with E-state index in [1.54, 1.807) is 35.6 Å². The minimum atomic E-state index is -0.330. The highest BCUT2D eigenvalue weighted by molar-refractivity contribution is 5.86. The number of rotatable bonds is 3. The number of pyridine rings is 1. The summed E-state index contributed by atoms with van der Waals surface area (Å²) >= 11 is 0. The summed E-state index contributed by atoms with van der Waals surface area (Å²) in [5.41, 5.74) is 2.23. The summed E-state index contributed by atoms with van der Waals surface area (Å²) < 4.78 is 13.7. The molecule has 3 aromatic rings. The van der Waals surface area contributed by atoms with Crippen LogP contribution in [0.3, 0.4) is 0 Å². The van der Waals surface area contributed by atoms with Gasteiger partial charge in [0.15, 0.2) is 5.82 Å². The van der Waals surface area contributed by atoms with E-state index < -0.39 is 0 Å². The third-order valence-electron chi connectivity index (χ3n) is 4.55. The van der Waals surface area contributed by atoms with Crippen molar-refractivity contribution in [1.82, 2.24) is 19.9 Å². The number of carbonyl (C=O) groups excluding carboxylic acids is 1. The number of aromatic nitrogens is 3. The van der Waals surface area contributed by atoms with E-state index in [-0.39, 0.29) is 18.1 Å². The fourth-order valence-corrected chi connectivity index (χ4v) is 3.17. The van der Waals surface area contributed by atoms with Crippen molar-refractivity contribution in [3.05, 3.63) is 54.2 Å². The predicted molar refractivity (Wildman–Crippen MR) is 92.8 cm³/mol. The molecule has 0 aliphatic carbocycles. The number of nitrogens with one attached hydrogen (secondary N) is 1. The maximum absolute atomic E-state index is 13.7. The van der Waals surface area contributed by atoms with Gasteiger partial charge in [-0.25, -0.2) is 14.4 Å². The quantitative estimate of drug-likeness (QED) is 0.793. The van der Waals surface area contributed by atoms with E-state index in [0.29, 0.717) is 31.7 Å². The number of nitrogens with zero attached hydrogens (tertiary/aromatic N) is 4. The Morgan fingerprint density at radius 1 is 1.12 bits per heavy atom. The van der Waals surface area contributed by atoms with Crippen molar-refractivity contribution in [2.24, 2.45) is 0 Å². The maximum Gasteiger partial charge on any atom is 0.227 e. The van der Waals surface area contributed by atoms with Crippen LogP contribution in [0.2, 0.25) is 0 Å². The highest BCUT2D eigenvalue weighted by atomic mass is 19.1. The number of hydrogen-bond acceptors (Lipinski definition) is 4. The van der Waals surface area contributed by atoms with Crippen LogP contribution >= 0.6 is 0 Å². The van der Waals surface area contributed by atoms with Crippen molar-refractivity contribution in [3.8, 4) is 0 Å². The lowest BCUT2D eigenvalue weighted by molar-refractivity contribution is -0.130. The van der Waals surface area contributed by atoms with Crippen molar-refractivity contribution >= 4 is 22.8 Å². The van der Waals surface area contributed by atoms with Gasteiger partial charge in [-0.1, -0.05) is 18.2 Å². The van der Waals surface area contributed by atoms with E-state index in [1.807, 2.05) is 6.07 Å². The summed E-state index contributed by atoms with van der Waals surface area (Å²) in [5, 5.41) is 0. The topological polar surface area (TPSA) is 65.1 Å². The summed E-state index contributed by atoms with van der Waals surface area (Å²) in [7, 11) is 0. The van der Waals surface area contributed by atoms with Gasteiger partial charge in [0.1, 0.15) is 11.3 Å². The molecule has 7 heteroatoms. The smallest absolute Gasteiger partial charge is 0.227 e. The van der Waals surface area contributed by atoms with Gasteiger partial charge >= 0.3 is 0 Å². The molecule has 0 atom stereocenters. The van der Waals surface area contributed by atoms with Crippen LogP contribution in [0.4, 0.5) is 10.2 Å². The van der Waals surface area contributed by atoms with Gasteiger partial charge in [0.25, 0.3) is 0 Å². The Balaban J connectivity index is 1.42. The molecule has 1 fully saturated rings. The largest absolute Gasteiger partial charge is 0.351 e. The van der Waals surface area contributed by atoms with Crippen LogP contribution in [0, 0.1) is 5.82 Å². The lowest BCUT2D eigenvalue weighted by Crippen LogP contribution is -2.49. The van der Waals surface area contributed by atoms with Gasteiger partial charge in [-0.3, -0.25) is 4.79 Å². The lowest BCUT2D eigenvalue weighted by atomic mass is 10.1. The first-order valence-electron chi connectivity index (χ1n) is 8.26. The molecule has 0 radical (unpaired) electrons. The van der Waals surface area contributed by atoms with E-state index in [9.17, 15) is 9.18 Å². The second kappa shape index (κ2) is 6.51. The van der Waals surface area contributed by atoms with E-state index in [0.717, 1.165) is 16.9 Å². The van der Waals surface area contributed by atoms with Crippen molar-refractivity contribution in [2.75, 3.05) is 31.1 Å². The monoisotopic (exact) mass is 339 g/mol. The molecular formula is C18H18FN5O. The number of aromatic amines is 1. The molecule has 1 aromatic carbocycles. The number of halogens is 1. The van der Waals surface area contributed by atoms with E-state index in [4.69, 9.17) is 0 Å². The molecule has 1 aliphatic rings. The molecule has 6 nitrogen and oxygen atoms in total. The zero-order chi connectivity index (χ0) is 17.2. The summed E-state index contributed by atoms with van der Waals surface area (Å²) in [6, 6.07) is 8.31. The average Bonchev–Trinajstić information content (AvgIpc) is 3.12. The van der Waals surface area contributed by atoms with Crippen molar-refractivity contribution in [1.29, 1.82) is 0 Å². The van der Waals surface area contributed by atoms with Gasteiger partial charge in [-0.2, -0.15) is 0 Å². The predicted octanol–water partition coefficient (Wildman–Crippen LogP) is 1.99. The molecule has 4 rings (SSSR count). The Morgan fingerprint density at radius 3 is 2.72 bits per heavy atom. The second-order valence-electron chi connectivity index (χ2n) is 6.07. The third-order valence-corrected chi connectivity index (χ3v) is 4.55. The van der Waals surface area contributed by atoms with Crippen LogP contribution in [0.5, 0.6) is 0 Å². The first-order chi connectivity index (χ1) is 12.2. The molecular weight excluding hydrogens is 321 g/mol. The second-order valence-corrected chi connectivity index (χ2v) is 6.07. The zero-order valence-electron chi connectivity index (χ0n) is 13.7. The minimum absolute atomic E-state index is 0.0457. The summed E-state index contributed by atoms with van der Waals surface area (Å²) in [6.07, 6.45) is 3.51. The minimum Gasteiger partial charge on any atom is -0.351 e. The van der Waals surface area contributed by atoms with Crippen molar-refractivity contribution < 1.29 is 9.18 Å². The Bertz CT molecular complexity index is 901.